The summed E-state index contributed by atoms with van der Waals surface area (Å²) in [6, 6.07) is 3.86. The molecular weight excluding hydrogens is 306 g/mol. The lowest BCUT2D eigenvalue weighted by molar-refractivity contribution is 0.0599. The maximum Gasteiger partial charge on any atom is 0.276 e. The smallest absolute Gasteiger partial charge is 0.276 e. The van der Waals surface area contributed by atoms with E-state index in [2.05, 4.69) is 10.1 Å². The van der Waals surface area contributed by atoms with E-state index in [9.17, 15) is 4.79 Å². The zero-order valence-corrected chi connectivity index (χ0v) is 13.8. The van der Waals surface area contributed by atoms with E-state index in [0.717, 1.165) is 36.3 Å². The zero-order valence-electron chi connectivity index (χ0n) is 13.8. The number of aryl methyl sites for hydroxylation is 2. The first-order valence-corrected chi connectivity index (χ1v) is 8.17. The monoisotopic (exact) mass is 325 g/mol. The first-order valence-electron chi connectivity index (χ1n) is 8.17. The van der Waals surface area contributed by atoms with Crippen LogP contribution >= 0.6 is 0 Å². The highest BCUT2D eigenvalue weighted by Gasteiger charge is 2.31. The molecule has 0 spiro atoms. The highest BCUT2D eigenvalue weighted by molar-refractivity contribution is 5.93. The fourth-order valence-electron chi connectivity index (χ4n) is 3.33. The maximum atomic E-state index is 12.9. The van der Waals surface area contributed by atoms with Crippen LogP contribution in [-0.2, 0) is 0 Å². The lowest BCUT2D eigenvalue weighted by Crippen LogP contribution is -2.39. The Bertz CT molecular complexity index is 897. The molecule has 1 saturated heterocycles. The van der Waals surface area contributed by atoms with Crippen molar-refractivity contribution >= 4 is 11.6 Å². The number of aromatic nitrogens is 4. The first-order chi connectivity index (χ1) is 11.6. The number of hydrogen-bond acceptors (Lipinski definition) is 5. The van der Waals surface area contributed by atoms with Crippen molar-refractivity contribution in [2.24, 2.45) is 0 Å². The van der Waals surface area contributed by atoms with Crippen LogP contribution in [0.2, 0.25) is 0 Å². The topological polar surface area (TPSA) is 76.5 Å². The predicted molar refractivity (Wildman–Crippen MR) is 86.6 cm³/mol. The van der Waals surface area contributed by atoms with Crippen LogP contribution in [0.3, 0.4) is 0 Å². The first kappa shape index (κ1) is 14.9. The third-order valence-electron chi connectivity index (χ3n) is 4.52. The van der Waals surface area contributed by atoms with Gasteiger partial charge in [0.25, 0.3) is 5.91 Å². The van der Waals surface area contributed by atoms with E-state index in [0.29, 0.717) is 18.0 Å². The van der Waals surface area contributed by atoms with Gasteiger partial charge < -0.3 is 9.32 Å². The Morgan fingerprint density at radius 3 is 3.00 bits per heavy atom. The number of oxazole rings is 1. The number of nitrogens with zero attached hydrogens (tertiary/aromatic N) is 5. The van der Waals surface area contributed by atoms with E-state index in [1.165, 1.54) is 6.39 Å². The lowest BCUT2D eigenvalue weighted by Gasteiger charge is -2.35. The zero-order chi connectivity index (χ0) is 16.7. The molecule has 0 aliphatic carbocycles. The minimum atomic E-state index is -0.0858. The van der Waals surface area contributed by atoms with Gasteiger partial charge in [0.15, 0.2) is 17.7 Å². The number of carbonyl (C=O) groups is 1. The molecule has 1 atom stereocenters. The van der Waals surface area contributed by atoms with Crippen LogP contribution in [0.15, 0.2) is 29.1 Å². The minimum Gasteiger partial charge on any atom is -0.448 e. The summed E-state index contributed by atoms with van der Waals surface area (Å²) in [5.74, 6) is 0.469. The van der Waals surface area contributed by atoms with Crippen LogP contribution in [0, 0.1) is 13.8 Å². The number of amides is 1. The van der Waals surface area contributed by atoms with E-state index >= 15 is 0 Å². The number of carbonyl (C=O) groups excluding carboxylic acids is 1. The maximum absolute atomic E-state index is 12.9. The van der Waals surface area contributed by atoms with Crippen molar-refractivity contribution in [1.29, 1.82) is 0 Å². The van der Waals surface area contributed by atoms with Crippen molar-refractivity contribution < 1.29 is 9.21 Å². The summed E-state index contributed by atoms with van der Waals surface area (Å²) in [6.45, 7) is 4.41. The van der Waals surface area contributed by atoms with E-state index in [1.807, 2.05) is 30.2 Å². The average Bonchev–Trinajstić information content (AvgIpc) is 3.18. The molecule has 1 aliphatic heterocycles. The van der Waals surface area contributed by atoms with E-state index < -0.39 is 0 Å². The SMILES string of the molecule is Cc1cc2nc([C@H]3CCCCN3C(=O)c3ncoc3C)ccn2n1. The summed E-state index contributed by atoms with van der Waals surface area (Å²) in [5.41, 5.74) is 3.02. The van der Waals surface area contributed by atoms with Gasteiger partial charge in [-0.15, -0.1) is 0 Å². The number of fused-ring (bicyclic) bond motifs is 1. The molecule has 1 aliphatic rings. The van der Waals surface area contributed by atoms with Gasteiger partial charge in [-0.3, -0.25) is 4.79 Å². The third-order valence-corrected chi connectivity index (χ3v) is 4.52. The van der Waals surface area contributed by atoms with Gasteiger partial charge in [0.2, 0.25) is 0 Å². The second-order valence-electron chi connectivity index (χ2n) is 6.21. The molecule has 0 bridgehead atoms. The van der Waals surface area contributed by atoms with Crippen LogP contribution in [0.4, 0.5) is 0 Å². The van der Waals surface area contributed by atoms with Crippen LogP contribution in [0.5, 0.6) is 0 Å². The Morgan fingerprint density at radius 2 is 2.21 bits per heavy atom. The highest BCUT2D eigenvalue weighted by atomic mass is 16.3. The van der Waals surface area contributed by atoms with Gasteiger partial charge in [-0.2, -0.15) is 5.10 Å². The van der Waals surface area contributed by atoms with Gasteiger partial charge in [-0.05, 0) is 39.2 Å². The summed E-state index contributed by atoms with van der Waals surface area (Å²) >= 11 is 0. The van der Waals surface area contributed by atoms with Crippen molar-refractivity contribution in [3.05, 3.63) is 47.6 Å². The molecule has 0 saturated carbocycles. The Kier molecular flexibility index (Phi) is 3.55. The van der Waals surface area contributed by atoms with Gasteiger partial charge in [0.05, 0.1) is 17.4 Å². The average molecular weight is 325 g/mol. The summed E-state index contributed by atoms with van der Waals surface area (Å²) < 4.78 is 6.95. The van der Waals surface area contributed by atoms with Crippen molar-refractivity contribution in [2.75, 3.05) is 6.54 Å². The number of likely N-dealkylation sites (tertiary alicyclic amines) is 1. The van der Waals surface area contributed by atoms with Gasteiger partial charge in [0, 0.05) is 18.8 Å². The Morgan fingerprint density at radius 1 is 1.33 bits per heavy atom. The molecule has 1 fully saturated rings. The fraction of sp³-hybridized carbons (Fsp3) is 0.412. The van der Waals surface area contributed by atoms with Crippen LogP contribution in [-0.4, -0.2) is 36.9 Å². The van der Waals surface area contributed by atoms with Crippen LogP contribution < -0.4 is 0 Å². The normalized spacial score (nSPS) is 18.2. The molecule has 0 unspecified atom stereocenters. The van der Waals surface area contributed by atoms with Crippen molar-refractivity contribution in [3.63, 3.8) is 0 Å². The second-order valence-corrected chi connectivity index (χ2v) is 6.21. The number of piperidine rings is 1. The van der Waals surface area contributed by atoms with Gasteiger partial charge >= 0.3 is 0 Å². The molecule has 7 heteroatoms. The quantitative estimate of drug-likeness (QED) is 0.724. The van der Waals surface area contributed by atoms with E-state index in [1.54, 1.807) is 11.4 Å². The van der Waals surface area contributed by atoms with Crippen molar-refractivity contribution in [1.82, 2.24) is 24.5 Å². The third kappa shape index (κ3) is 2.46. The molecular formula is C17H19N5O2. The summed E-state index contributed by atoms with van der Waals surface area (Å²) in [4.78, 5) is 23.6. The summed E-state index contributed by atoms with van der Waals surface area (Å²) in [6.07, 6.45) is 6.20. The standard InChI is InChI=1S/C17H19N5O2/c1-11-9-15-19-13(6-8-22(15)20-11)14-5-3-4-7-21(14)17(23)16-12(2)24-10-18-16/h6,8-10,14H,3-5,7H2,1-2H3/t14-/m1/s1. The summed E-state index contributed by atoms with van der Waals surface area (Å²) in [5, 5.41) is 4.36. The number of hydrogen-bond donors (Lipinski definition) is 0. The molecule has 0 aromatic carbocycles. The van der Waals surface area contributed by atoms with E-state index in [4.69, 9.17) is 9.40 Å². The second kappa shape index (κ2) is 5.74. The molecule has 3 aromatic rings. The molecule has 124 valence electrons. The molecule has 1 amide bonds. The van der Waals surface area contributed by atoms with Crippen molar-refractivity contribution in [3.8, 4) is 0 Å². The Hall–Kier alpha value is -2.70. The van der Waals surface area contributed by atoms with Gasteiger partial charge in [-0.25, -0.2) is 14.5 Å². The minimum absolute atomic E-state index is 0.0393. The lowest BCUT2D eigenvalue weighted by atomic mass is 9.98. The number of rotatable bonds is 2. The Labute approximate surface area is 139 Å². The van der Waals surface area contributed by atoms with Gasteiger partial charge in [-0.1, -0.05) is 0 Å². The molecule has 4 heterocycles. The van der Waals surface area contributed by atoms with Crippen LogP contribution in [0.1, 0.15) is 52.9 Å². The predicted octanol–water partition coefficient (Wildman–Crippen LogP) is 2.70. The molecule has 24 heavy (non-hydrogen) atoms. The van der Waals surface area contributed by atoms with E-state index in [-0.39, 0.29) is 11.9 Å². The summed E-state index contributed by atoms with van der Waals surface area (Å²) in [7, 11) is 0. The largest absolute Gasteiger partial charge is 0.448 e. The Balaban J connectivity index is 1.70. The molecule has 4 rings (SSSR count). The van der Waals surface area contributed by atoms with Gasteiger partial charge in [0.1, 0.15) is 5.76 Å². The van der Waals surface area contributed by atoms with Crippen molar-refractivity contribution in [2.45, 2.75) is 39.2 Å². The molecule has 3 aromatic heterocycles. The molecule has 0 radical (unpaired) electrons. The van der Waals surface area contributed by atoms with Crippen LogP contribution in [0.25, 0.3) is 5.65 Å². The molecule has 7 nitrogen and oxygen atoms in total. The highest BCUT2D eigenvalue weighted by Crippen LogP contribution is 2.31. The molecule has 0 N–H and O–H groups in total. The fourth-order valence-corrected chi connectivity index (χ4v) is 3.33.